The molecule has 1 fully saturated rings. The van der Waals surface area contributed by atoms with Gasteiger partial charge in [-0.25, -0.2) is 0 Å². The van der Waals surface area contributed by atoms with Crippen molar-refractivity contribution in [3.63, 3.8) is 0 Å². The van der Waals surface area contributed by atoms with Crippen LogP contribution in [0.15, 0.2) is 12.2 Å². The Morgan fingerprint density at radius 2 is 2.12 bits per heavy atom. The predicted octanol–water partition coefficient (Wildman–Crippen LogP) is 3.50. The maximum atomic E-state index is 12.0. The highest BCUT2D eigenvalue weighted by molar-refractivity contribution is 6.48. The molecule has 0 aromatic heterocycles. The van der Waals surface area contributed by atoms with Crippen molar-refractivity contribution < 1.29 is 9.53 Å². The SMILES string of the molecule is CC1(C(=O)OC(Cl)C(Cl)Cl)CC2C=CC1C2. The standard InChI is InChI=1S/C11H13Cl3O2/c1-11(5-6-2-3-7(11)4-6)10(15)16-9(14)8(12)13/h2-3,6-9H,4-5H2,1H3. The highest BCUT2D eigenvalue weighted by Gasteiger charge is 2.51. The first-order valence-electron chi connectivity index (χ1n) is 5.25. The molecule has 0 heterocycles. The molecule has 0 aliphatic heterocycles. The third-order valence-corrected chi connectivity index (χ3v) is 4.62. The number of allylic oxidation sites excluding steroid dienone is 2. The Morgan fingerprint density at radius 1 is 1.44 bits per heavy atom. The lowest BCUT2D eigenvalue weighted by Crippen LogP contribution is -2.36. The van der Waals surface area contributed by atoms with E-state index >= 15 is 0 Å². The summed E-state index contributed by atoms with van der Waals surface area (Å²) in [4.78, 5) is 11.1. The zero-order valence-electron chi connectivity index (χ0n) is 8.83. The van der Waals surface area contributed by atoms with E-state index in [4.69, 9.17) is 39.5 Å². The molecule has 0 aromatic rings. The number of fused-ring (bicyclic) bond motifs is 2. The molecule has 2 aliphatic carbocycles. The summed E-state index contributed by atoms with van der Waals surface area (Å²) in [5, 5.41) is 0. The number of hydrogen-bond donors (Lipinski definition) is 0. The van der Waals surface area contributed by atoms with Gasteiger partial charge in [-0.3, -0.25) is 4.79 Å². The summed E-state index contributed by atoms with van der Waals surface area (Å²) in [5.41, 5.74) is -1.44. The van der Waals surface area contributed by atoms with Crippen LogP contribution in [0, 0.1) is 17.3 Å². The van der Waals surface area contributed by atoms with E-state index in [0.717, 1.165) is 12.8 Å². The summed E-state index contributed by atoms with van der Waals surface area (Å²) in [6.07, 6.45) is 6.12. The van der Waals surface area contributed by atoms with Gasteiger partial charge in [-0.15, -0.1) is 0 Å². The van der Waals surface area contributed by atoms with Gasteiger partial charge < -0.3 is 4.74 Å². The lowest BCUT2D eigenvalue weighted by Gasteiger charge is -2.29. The van der Waals surface area contributed by atoms with E-state index in [1.54, 1.807) is 0 Å². The molecule has 0 saturated heterocycles. The molecule has 0 amide bonds. The van der Waals surface area contributed by atoms with Crippen LogP contribution in [0.2, 0.25) is 0 Å². The first kappa shape index (κ1) is 12.5. The molecule has 16 heavy (non-hydrogen) atoms. The summed E-state index contributed by atoms with van der Waals surface area (Å²) in [6, 6.07) is 0. The van der Waals surface area contributed by atoms with Crippen LogP contribution in [0.3, 0.4) is 0 Å². The second kappa shape index (κ2) is 4.40. The van der Waals surface area contributed by atoms with Crippen LogP contribution in [0.1, 0.15) is 19.8 Å². The van der Waals surface area contributed by atoms with Crippen molar-refractivity contribution in [3.05, 3.63) is 12.2 Å². The molecule has 2 aliphatic rings. The smallest absolute Gasteiger partial charge is 0.313 e. The summed E-state index contributed by atoms with van der Waals surface area (Å²) in [6.45, 7) is 1.92. The van der Waals surface area contributed by atoms with Gasteiger partial charge in [-0.05, 0) is 31.6 Å². The summed E-state index contributed by atoms with van der Waals surface area (Å²) >= 11 is 16.8. The first-order chi connectivity index (χ1) is 7.43. The number of alkyl halides is 3. The van der Waals surface area contributed by atoms with Gasteiger partial charge in [-0.2, -0.15) is 0 Å². The quantitative estimate of drug-likeness (QED) is 0.450. The molecule has 4 unspecified atom stereocenters. The second-order valence-corrected chi connectivity index (χ2v) is 6.29. The van der Waals surface area contributed by atoms with Gasteiger partial charge in [0.05, 0.1) is 5.41 Å². The molecule has 1 saturated carbocycles. The third kappa shape index (κ3) is 2.07. The number of esters is 1. The topological polar surface area (TPSA) is 26.3 Å². The Hall–Kier alpha value is 0.0800. The van der Waals surface area contributed by atoms with Gasteiger partial charge in [0.2, 0.25) is 5.56 Å². The Morgan fingerprint density at radius 3 is 2.56 bits per heavy atom. The molecule has 5 heteroatoms. The molecule has 90 valence electrons. The molecule has 2 bridgehead atoms. The van der Waals surface area contributed by atoms with Crippen LogP contribution in [0.25, 0.3) is 0 Å². The molecular weight excluding hydrogens is 270 g/mol. The van der Waals surface area contributed by atoms with E-state index in [-0.39, 0.29) is 11.9 Å². The molecule has 2 nitrogen and oxygen atoms in total. The van der Waals surface area contributed by atoms with Crippen LogP contribution in [0.5, 0.6) is 0 Å². The maximum absolute atomic E-state index is 12.0. The lowest BCUT2D eigenvalue weighted by atomic mass is 9.78. The summed E-state index contributed by atoms with van der Waals surface area (Å²) in [5.74, 6) is 0.466. The monoisotopic (exact) mass is 282 g/mol. The third-order valence-electron chi connectivity index (χ3n) is 3.56. The number of halogens is 3. The number of carbonyl (C=O) groups excluding carboxylic acids is 1. The van der Waals surface area contributed by atoms with Gasteiger partial charge >= 0.3 is 5.97 Å². The van der Waals surface area contributed by atoms with E-state index < -0.39 is 15.8 Å². The first-order valence-corrected chi connectivity index (χ1v) is 6.56. The van der Waals surface area contributed by atoms with Crippen LogP contribution >= 0.6 is 34.8 Å². The number of ether oxygens (including phenoxy) is 1. The fourth-order valence-electron chi connectivity index (χ4n) is 2.62. The van der Waals surface area contributed by atoms with Crippen molar-refractivity contribution in [1.82, 2.24) is 0 Å². The van der Waals surface area contributed by atoms with E-state index in [0.29, 0.717) is 5.92 Å². The normalized spacial score (nSPS) is 38.1. The van der Waals surface area contributed by atoms with E-state index in [9.17, 15) is 4.79 Å². The minimum absolute atomic E-state index is 0.262. The number of carbonyl (C=O) groups is 1. The van der Waals surface area contributed by atoms with Gasteiger partial charge in [0.1, 0.15) is 0 Å². The minimum Gasteiger partial charge on any atom is -0.443 e. The Balaban J connectivity index is 2.02. The average molecular weight is 284 g/mol. The summed E-state index contributed by atoms with van der Waals surface area (Å²) in [7, 11) is 0. The zero-order chi connectivity index (χ0) is 11.9. The van der Waals surface area contributed by atoms with Gasteiger partial charge in [-0.1, -0.05) is 47.0 Å². The van der Waals surface area contributed by atoms with E-state index in [2.05, 4.69) is 12.2 Å². The van der Waals surface area contributed by atoms with Gasteiger partial charge in [0.25, 0.3) is 0 Å². The number of rotatable bonds is 3. The zero-order valence-corrected chi connectivity index (χ0v) is 11.1. The van der Waals surface area contributed by atoms with E-state index in [1.807, 2.05) is 6.92 Å². The van der Waals surface area contributed by atoms with Crippen molar-refractivity contribution in [2.45, 2.75) is 30.2 Å². The molecule has 0 aromatic carbocycles. The fraction of sp³-hybridized carbons (Fsp3) is 0.727. The van der Waals surface area contributed by atoms with Crippen molar-refractivity contribution in [1.29, 1.82) is 0 Å². The van der Waals surface area contributed by atoms with Crippen LogP contribution in [0.4, 0.5) is 0 Å². The van der Waals surface area contributed by atoms with Gasteiger partial charge in [0.15, 0.2) is 4.84 Å². The maximum Gasteiger partial charge on any atom is 0.313 e. The van der Waals surface area contributed by atoms with E-state index in [1.165, 1.54) is 0 Å². The number of hydrogen-bond acceptors (Lipinski definition) is 2. The van der Waals surface area contributed by atoms with Gasteiger partial charge in [0, 0.05) is 0 Å². The lowest BCUT2D eigenvalue weighted by molar-refractivity contribution is -0.158. The molecule has 0 spiro atoms. The van der Waals surface area contributed by atoms with Crippen LogP contribution in [-0.2, 0) is 9.53 Å². The molecule has 2 rings (SSSR count). The fourth-order valence-corrected chi connectivity index (χ4v) is 2.80. The van der Waals surface area contributed by atoms with Crippen molar-refractivity contribution in [2.24, 2.45) is 17.3 Å². The Labute approximate surface area is 110 Å². The highest BCUT2D eigenvalue weighted by atomic mass is 35.5. The predicted molar refractivity (Wildman–Crippen MR) is 64.7 cm³/mol. The molecular formula is C11H13Cl3O2. The van der Waals surface area contributed by atoms with Crippen LogP contribution in [-0.4, -0.2) is 16.4 Å². The molecule has 0 radical (unpaired) electrons. The largest absolute Gasteiger partial charge is 0.443 e. The highest BCUT2D eigenvalue weighted by Crippen LogP contribution is 2.52. The second-order valence-electron chi connectivity index (χ2n) is 4.70. The van der Waals surface area contributed by atoms with Crippen LogP contribution < -0.4 is 0 Å². The van der Waals surface area contributed by atoms with Crippen molar-refractivity contribution in [2.75, 3.05) is 0 Å². The Bertz CT molecular complexity index is 329. The summed E-state index contributed by atoms with van der Waals surface area (Å²) < 4.78 is 5.08. The average Bonchev–Trinajstić information content (AvgIpc) is 2.77. The Kier molecular flexibility index (Phi) is 3.44. The van der Waals surface area contributed by atoms with Crippen molar-refractivity contribution in [3.8, 4) is 0 Å². The molecule has 4 atom stereocenters. The minimum atomic E-state index is -0.976. The van der Waals surface area contributed by atoms with Crippen molar-refractivity contribution >= 4 is 40.8 Å². The molecule has 0 N–H and O–H groups in total.